The number of nitrogens with zero attached hydrogens (tertiary/aromatic N) is 1. The number of carbonyl (C=O) groups excluding carboxylic acids is 1. The van der Waals surface area contributed by atoms with Crippen molar-refractivity contribution in [2.45, 2.75) is 13.0 Å². The SMILES string of the molecule is C[C@@H](N)c1ccc(C(=O)Nc2ccncc2)cc1O. The van der Waals surface area contributed by atoms with E-state index in [1.54, 1.807) is 43.6 Å². The number of nitrogens with one attached hydrogen (secondary N) is 1. The highest BCUT2D eigenvalue weighted by atomic mass is 16.3. The summed E-state index contributed by atoms with van der Waals surface area (Å²) in [5.74, 6) is -0.268. The van der Waals surface area contributed by atoms with Crippen molar-refractivity contribution in [3.63, 3.8) is 0 Å². The minimum Gasteiger partial charge on any atom is -0.508 e. The van der Waals surface area contributed by atoms with Crippen LogP contribution in [0.1, 0.15) is 28.9 Å². The molecule has 0 saturated heterocycles. The van der Waals surface area contributed by atoms with Crippen LogP contribution < -0.4 is 11.1 Å². The zero-order valence-electron chi connectivity index (χ0n) is 10.5. The molecule has 1 heterocycles. The van der Waals surface area contributed by atoms with Crippen LogP contribution in [-0.2, 0) is 0 Å². The van der Waals surface area contributed by atoms with Gasteiger partial charge in [-0.1, -0.05) is 6.07 Å². The lowest BCUT2D eigenvalue weighted by molar-refractivity contribution is 0.102. The first kappa shape index (κ1) is 13.0. The molecule has 0 aliphatic carbocycles. The zero-order valence-corrected chi connectivity index (χ0v) is 10.5. The van der Waals surface area contributed by atoms with E-state index in [2.05, 4.69) is 10.3 Å². The van der Waals surface area contributed by atoms with Crippen LogP contribution in [0.4, 0.5) is 5.69 Å². The van der Waals surface area contributed by atoms with Gasteiger partial charge in [-0.05, 0) is 31.2 Å². The maximum Gasteiger partial charge on any atom is 0.255 e. The van der Waals surface area contributed by atoms with Crippen LogP contribution in [0.15, 0.2) is 42.7 Å². The molecule has 19 heavy (non-hydrogen) atoms. The Kier molecular flexibility index (Phi) is 3.77. The predicted molar refractivity (Wildman–Crippen MR) is 72.9 cm³/mol. The number of phenolic OH excluding ortho intramolecular Hbond substituents is 1. The molecule has 1 atom stereocenters. The Labute approximate surface area is 111 Å². The van der Waals surface area contributed by atoms with Gasteiger partial charge in [0.2, 0.25) is 0 Å². The molecule has 0 aliphatic heterocycles. The van der Waals surface area contributed by atoms with Gasteiger partial charge in [-0.25, -0.2) is 0 Å². The molecule has 0 saturated carbocycles. The smallest absolute Gasteiger partial charge is 0.255 e. The molecular formula is C14H15N3O2. The maximum atomic E-state index is 12.0. The van der Waals surface area contributed by atoms with Crippen molar-refractivity contribution >= 4 is 11.6 Å². The Morgan fingerprint density at radius 3 is 2.58 bits per heavy atom. The van der Waals surface area contributed by atoms with Gasteiger partial charge in [0.05, 0.1) is 0 Å². The Morgan fingerprint density at radius 2 is 2.00 bits per heavy atom. The minimum absolute atomic E-state index is 0.0254. The number of pyridine rings is 1. The van der Waals surface area contributed by atoms with Crippen molar-refractivity contribution in [3.05, 3.63) is 53.9 Å². The average Bonchev–Trinajstić information content (AvgIpc) is 2.39. The largest absolute Gasteiger partial charge is 0.508 e. The van der Waals surface area contributed by atoms with Crippen LogP contribution in [0.3, 0.4) is 0 Å². The Morgan fingerprint density at radius 1 is 1.32 bits per heavy atom. The quantitative estimate of drug-likeness (QED) is 0.785. The van der Waals surface area contributed by atoms with Gasteiger partial charge in [0.15, 0.2) is 0 Å². The summed E-state index contributed by atoms with van der Waals surface area (Å²) in [6.07, 6.45) is 3.18. The lowest BCUT2D eigenvalue weighted by Gasteiger charge is -2.10. The molecule has 1 aromatic carbocycles. The molecule has 0 fully saturated rings. The number of anilines is 1. The van der Waals surface area contributed by atoms with Crippen molar-refractivity contribution in [1.29, 1.82) is 0 Å². The monoisotopic (exact) mass is 257 g/mol. The number of rotatable bonds is 3. The van der Waals surface area contributed by atoms with E-state index in [0.29, 0.717) is 16.8 Å². The van der Waals surface area contributed by atoms with E-state index in [-0.39, 0.29) is 17.7 Å². The second-order valence-electron chi connectivity index (χ2n) is 4.25. The molecule has 0 radical (unpaired) electrons. The fraction of sp³-hybridized carbons (Fsp3) is 0.143. The number of hydrogen-bond donors (Lipinski definition) is 3. The van der Waals surface area contributed by atoms with E-state index in [9.17, 15) is 9.90 Å². The Bertz CT molecular complexity index is 582. The lowest BCUT2D eigenvalue weighted by atomic mass is 10.0. The van der Waals surface area contributed by atoms with E-state index in [0.717, 1.165) is 0 Å². The molecule has 2 rings (SSSR count). The van der Waals surface area contributed by atoms with E-state index < -0.39 is 0 Å². The van der Waals surface area contributed by atoms with E-state index >= 15 is 0 Å². The normalized spacial score (nSPS) is 11.9. The first-order valence-electron chi connectivity index (χ1n) is 5.88. The van der Waals surface area contributed by atoms with Crippen LogP contribution in [0.2, 0.25) is 0 Å². The number of phenols is 1. The summed E-state index contributed by atoms with van der Waals surface area (Å²) >= 11 is 0. The highest BCUT2D eigenvalue weighted by molar-refractivity contribution is 6.04. The van der Waals surface area contributed by atoms with E-state index in [1.165, 1.54) is 6.07 Å². The summed E-state index contributed by atoms with van der Waals surface area (Å²) in [5.41, 5.74) is 7.33. The molecule has 2 aromatic rings. The van der Waals surface area contributed by atoms with Crippen LogP contribution in [0.5, 0.6) is 5.75 Å². The third kappa shape index (κ3) is 3.08. The molecule has 5 heteroatoms. The standard InChI is InChI=1S/C14H15N3O2/c1-9(15)12-3-2-10(8-13(12)18)14(19)17-11-4-6-16-7-5-11/h2-9,18H,15H2,1H3,(H,16,17,19)/t9-/m1/s1. The van der Waals surface area contributed by atoms with Gasteiger partial charge in [0, 0.05) is 35.2 Å². The van der Waals surface area contributed by atoms with Crippen molar-refractivity contribution in [1.82, 2.24) is 4.98 Å². The summed E-state index contributed by atoms with van der Waals surface area (Å²) in [4.78, 5) is 15.8. The topological polar surface area (TPSA) is 88.2 Å². The number of aromatic nitrogens is 1. The molecule has 0 unspecified atom stereocenters. The van der Waals surface area contributed by atoms with Crippen molar-refractivity contribution in [2.24, 2.45) is 5.73 Å². The number of hydrogen-bond acceptors (Lipinski definition) is 4. The first-order valence-corrected chi connectivity index (χ1v) is 5.88. The second-order valence-corrected chi connectivity index (χ2v) is 4.25. The first-order chi connectivity index (χ1) is 9.08. The highest BCUT2D eigenvalue weighted by Crippen LogP contribution is 2.24. The van der Waals surface area contributed by atoms with E-state index in [4.69, 9.17) is 5.73 Å². The van der Waals surface area contributed by atoms with Gasteiger partial charge in [0.1, 0.15) is 5.75 Å². The van der Waals surface area contributed by atoms with Crippen LogP contribution >= 0.6 is 0 Å². The lowest BCUT2D eigenvalue weighted by Crippen LogP contribution is -2.12. The van der Waals surface area contributed by atoms with Gasteiger partial charge in [0.25, 0.3) is 5.91 Å². The maximum absolute atomic E-state index is 12.0. The second kappa shape index (κ2) is 5.49. The molecular weight excluding hydrogens is 242 g/mol. The zero-order chi connectivity index (χ0) is 13.8. The summed E-state index contributed by atoms with van der Waals surface area (Å²) in [7, 11) is 0. The molecule has 1 amide bonds. The minimum atomic E-state index is -0.294. The van der Waals surface area contributed by atoms with Gasteiger partial charge in [-0.2, -0.15) is 0 Å². The molecule has 4 N–H and O–H groups in total. The van der Waals surface area contributed by atoms with Gasteiger partial charge in [-0.15, -0.1) is 0 Å². The summed E-state index contributed by atoms with van der Waals surface area (Å²) in [6, 6.07) is 7.80. The number of amides is 1. The molecule has 0 aliphatic rings. The molecule has 0 bridgehead atoms. The molecule has 98 valence electrons. The van der Waals surface area contributed by atoms with Crippen molar-refractivity contribution in [2.75, 3.05) is 5.32 Å². The number of aromatic hydroxyl groups is 1. The number of benzene rings is 1. The van der Waals surface area contributed by atoms with Crippen LogP contribution in [0, 0.1) is 0 Å². The van der Waals surface area contributed by atoms with Gasteiger partial charge >= 0.3 is 0 Å². The number of nitrogens with two attached hydrogens (primary N) is 1. The highest BCUT2D eigenvalue weighted by Gasteiger charge is 2.11. The van der Waals surface area contributed by atoms with Gasteiger partial charge < -0.3 is 16.2 Å². The van der Waals surface area contributed by atoms with E-state index in [1.807, 2.05) is 0 Å². The van der Waals surface area contributed by atoms with Crippen molar-refractivity contribution in [3.8, 4) is 5.75 Å². The summed E-state index contributed by atoms with van der Waals surface area (Å²) in [6.45, 7) is 1.77. The number of carbonyl (C=O) groups is 1. The Balaban J connectivity index is 2.18. The van der Waals surface area contributed by atoms with Crippen LogP contribution in [0.25, 0.3) is 0 Å². The fourth-order valence-electron chi connectivity index (χ4n) is 1.71. The Hall–Kier alpha value is -2.40. The average molecular weight is 257 g/mol. The molecule has 0 spiro atoms. The predicted octanol–water partition coefficient (Wildman–Crippen LogP) is 2.06. The van der Waals surface area contributed by atoms with Gasteiger partial charge in [-0.3, -0.25) is 9.78 Å². The van der Waals surface area contributed by atoms with Crippen molar-refractivity contribution < 1.29 is 9.90 Å². The third-order valence-electron chi connectivity index (χ3n) is 2.72. The summed E-state index contributed by atoms with van der Waals surface area (Å²) in [5, 5.41) is 12.5. The summed E-state index contributed by atoms with van der Waals surface area (Å²) < 4.78 is 0. The van der Waals surface area contributed by atoms with Crippen LogP contribution in [-0.4, -0.2) is 16.0 Å². The molecule has 1 aromatic heterocycles. The fourth-order valence-corrected chi connectivity index (χ4v) is 1.71. The third-order valence-corrected chi connectivity index (χ3v) is 2.72. The molecule has 5 nitrogen and oxygen atoms in total.